The molecule has 3 atom stereocenters. The van der Waals surface area contributed by atoms with Crippen LogP contribution >= 0.6 is 0 Å². The van der Waals surface area contributed by atoms with E-state index in [-0.39, 0.29) is 0 Å². The largest absolute Gasteiger partial charge is 0.370 e. The SMILES string of the molecule is CCCCCCC/C=C\CCCCCCCCCCCCC(C)CCC1OC1CCCCCCCCCCCC/C=C\CCCCCCCCCC. The van der Waals surface area contributed by atoms with E-state index in [0.717, 1.165) is 5.92 Å². The number of unbranched alkanes of at least 4 members (excludes halogenated alkanes) is 33. The number of rotatable bonds is 44. The minimum atomic E-state index is 0.606. The van der Waals surface area contributed by atoms with Gasteiger partial charge >= 0.3 is 0 Å². The maximum absolute atomic E-state index is 6.05. The van der Waals surface area contributed by atoms with E-state index in [1.54, 1.807) is 0 Å². The second-order valence-corrected chi connectivity index (χ2v) is 17.5. The molecule has 1 rings (SSSR count). The van der Waals surface area contributed by atoms with E-state index in [4.69, 9.17) is 4.74 Å². The molecule has 0 aromatic rings. The van der Waals surface area contributed by atoms with E-state index < -0.39 is 0 Å². The molecule has 1 heteroatoms. The first-order chi connectivity index (χ1) is 25.8. The molecular formula is C51H98O. The van der Waals surface area contributed by atoms with Gasteiger partial charge < -0.3 is 4.74 Å². The van der Waals surface area contributed by atoms with Crippen molar-refractivity contribution in [3.8, 4) is 0 Å². The molecule has 0 radical (unpaired) electrons. The van der Waals surface area contributed by atoms with Gasteiger partial charge in [0.05, 0.1) is 12.2 Å². The van der Waals surface area contributed by atoms with Crippen molar-refractivity contribution in [2.75, 3.05) is 0 Å². The maximum atomic E-state index is 6.05. The summed E-state index contributed by atoms with van der Waals surface area (Å²) in [5.41, 5.74) is 0. The Morgan fingerprint density at radius 2 is 0.615 bits per heavy atom. The number of epoxide rings is 1. The average molecular weight is 727 g/mol. The molecule has 0 bridgehead atoms. The topological polar surface area (TPSA) is 12.5 Å². The lowest BCUT2D eigenvalue weighted by atomic mass is 9.95. The van der Waals surface area contributed by atoms with Crippen molar-refractivity contribution in [1.82, 2.24) is 0 Å². The molecule has 3 unspecified atom stereocenters. The number of hydrogen-bond acceptors (Lipinski definition) is 1. The fourth-order valence-electron chi connectivity index (χ4n) is 8.20. The smallest absolute Gasteiger partial charge is 0.0842 e. The molecule has 52 heavy (non-hydrogen) atoms. The quantitative estimate of drug-likeness (QED) is 0.0346. The highest BCUT2D eigenvalue weighted by Crippen LogP contribution is 2.33. The molecule has 1 nitrogen and oxygen atoms in total. The Morgan fingerprint density at radius 1 is 0.327 bits per heavy atom. The molecular weight excluding hydrogens is 629 g/mol. The van der Waals surface area contributed by atoms with Crippen LogP contribution in [0.1, 0.15) is 284 Å². The Balaban J connectivity index is 1.72. The van der Waals surface area contributed by atoms with E-state index in [0.29, 0.717) is 12.2 Å². The minimum Gasteiger partial charge on any atom is -0.370 e. The third kappa shape index (κ3) is 37.7. The van der Waals surface area contributed by atoms with Crippen LogP contribution < -0.4 is 0 Å². The molecule has 0 aliphatic carbocycles. The second kappa shape index (κ2) is 41.6. The van der Waals surface area contributed by atoms with Gasteiger partial charge in [-0.1, -0.05) is 238 Å². The van der Waals surface area contributed by atoms with Gasteiger partial charge in [-0.25, -0.2) is 0 Å². The van der Waals surface area contributed by atoms with E-state index in [1.807, 2.05) is 0 Å². The Hall–Kier alpha value is -0.560. The van der Waals surface area contributed by atoms with Crippen molar-refractivity contribution >= 4 is 0 Å². The van der Waals surface area contributed by atoms with Gasteiger partial charge in [-0.15, -0.1) is 0 Å². The van der Waals surface area contributed by atoms with Crippen LogP contribution in [0.25, 0.3) is 0 Å². The van der Waals surface area contributed by atoms with Crippen molar-refractivity contribution in [3.63, 3.8) is 0 Å². The zero-order valence-electron chi connectivity index (χ0n) is 36.4. The Bertz CT molecular complexity index is 723. The van der Waals surface area contributed by atoms with Gasteiger partial charge in [0.15, 0.2) is 0 Å². The summed E-state index contributed by atoms with van der Waals surface area (Å²) in [6, 6.07) is 0. The monoisotopic (exact) mass is 727 g/mol. The van der Waals surface area contributed by atoms with Crippen LogP contribution in [0.15, 0.2) is 24.3 Å². The number of hydrogen-bond donors (Lipinski definition) is 0. The van der Waals surface area contributed by atoms with Crippen LogP contribution in [-0.2, 0) is 4.74 Å². The molecule has 1 aliphatic rings. The molecule has 1 fully saturated rings. The van der Waals surface area contributed by atoms with Crippen molar-refractivity contribution in [1.29, 1.82) is 0 Å². The van der Waals surface area contributed by atoms with E-state index in [1.165, 1.54) is 263 Å². The summed E-state index contributed by atoms with van der Waals surface area (Å²) in [7, 11) is 0. The first kappa shape index (κ1) is 49.5. The first-order valence-electron chi connectivity index (χ1n) is 24.7. The normalized spacial score (nSPS) is 16.5. The highest BCUT2D eigenvalue weighted by Gasteiger charge is 2.37. The van der Waals surface area contributed by atoms with Crippen LogP contribution in [0.5, 0.6) is 0 Å². The van der Waals surface area contributed by atoms with Gasteiger partial charge in [0, 0.05) is 0 Å². The molecule has 0 aromatic carbocycles. The van der Waals surface area contributed by atoms with Crippen molar-refractivity contribution in [2.24, 2.45) is 5.92 Å². The van der Waals surface area contributed by atoms with E-state index in [9.17, 15) is 0 Å². The summed E-state index contributed by atoms with van der Waals surface area (Å²) in [6.07, 6.45) is 69.0. The fraction of sp³-hybridized carbons (Fsp3) is 0.922. The molecule has 1 saturated heterocycles. The number of ether oxygens (including phenoxy) is 1. The van der Waals surface area contributed by atoms with Gasteiger partial charge in [0.1, 0.15) is 0 Å². The third-order valence-electron chi connectivity index (χ3n) is 12.1. The highest BCUT2D eigenvalue weighted by atomic mass is 16.6. The average Bonchev–Trinajstić information content (AvgIpc) is 3.91. The van der Waals surface area contributed by atoms with Crippen LogP contribution in [-0.4, -0.2) is 12.2 Å². The molecule has 0 saturated carbocycles. The van der Waals surface area contributed by atoms with Crippen molar-refractivity contribution in [2.45, 2.75) is 296 Å². The fourth-order valence-corrected chi connectivity index (χ4v) is 8.20. The summed E-state index contributed by atoms with van der Waals surface area (Å²) in [4.78, 5) is 0. The lowest BCUT2D eigenvalue weighted by molar-refractivity contribution is 0.336. The first-order valence-corrected chi connectivity index (χ1v) is 24.7. The van der Waals surface area contributed by atoms with Gasteiger partial charge in [-0.05, 0) is 76.5 Å². The summed E-state index contributed by atoms with van der Waals surface area (Å²) in [5.74, 6) is 0.886. The highest BCUT2D eigenvalue weighted by molar-refractivity contribution is 4.85. The predicted molar refractivity (Wildman–Crippen MR) is 237 cm³/mol. The Labute approximate surface area is 330 Å². The molecule has 0 N–H and O–H groups in total. The Kier molecular flexibility index (Phi) is 39.6. The minimum absolute atomic E-state index is 0.606. The summed E-state index contributed by atoms with van der Waals surface area (Å²) < 4.78 is 6.05. The van der Waals surface area contributed by atoms with Crippen LogP contribution in [0.2, 0.25) is 0 Å². The van der Waals surface area contributed by atoms with Crippen LogP contribution in [0.3, 0.4) is 0 Å². The molecule has 1 aliphatic heterocycles. The number of allylic oxidation sites excluding steroid dienone is 4. The molecule has 0 spiro atoms. The van der Waals surface area contributed by atoms with E-state index >= 15 is 0 Å². The summed E-state index contributed by atoms with van der Waals surface area (Å²) in [6.45, 7) is 7.08. The van der Waals surface area contributed by atoms with Gasteiger partial charge in [0.2, 0.25) is 0 Å². The molecule has 308 valence electrons. The molecule has 0 aromatic heterocycles. The Morgan fingerprint density at radius 3 is 0.981 bits per heavy atom. The summed E-state index contributed by atoms with van der Waals surface area (Å²) in [5, 5.41) is 0. The van der Waals surface area contributed by atoms with Crippen molar-refractivity contribution < 1.29 is 4.74 Å². The summed E-state index contributed by atoms with van der Waals surface area (Å²) >= 11 is 0. The zero-order valence-corrected chi connectivity index (χ0v) is 36.4. The molecule has 1 heterocycles. The predicted octanol–water partition coefficient (Wildman–Crippen LogP) is 18.5. The maximum Gasteiger partial charge on any atom is 0.0842 e. The zero-order chi connectivity index (χ0) is 37.3. The standard InChI is InChI=1S/C51H98O/c1-4-6-8-10-12-14-16-18-20-22-24-25-26-28-30-32-34-36-38-40-42-44-46-50-51(52-50)48-47-49(3)45-43-41-39-37-35-33-31-29-27-23-21-19-17-15-13-11-9-7-5-2/h17,19,22,24,49-51H,4-16,18,20-21,23,25-48H2,1-3H3/b19-17-,24-22-. The van der Waals surface area contributed by atoms with E-state index in [2.05, 4.69) is 45.1 Å². The van der Waals surface area contributed by atoms with Crippen molar-refractivity contribution in [3.05, 3.63) is 24.3 Å². The van der Waals surface area contributed by atoms with Gasteiger partial charge in [0.25, 0.3) is 0 Å². The third-order valence-corrected chi connectivity index (χ3v) is 12.1. The second-order valence-electron chi connectivity index (χ2n) is 17.5. The van der Waals surface area contributed by atoms with Crippen LogP contribution in [0, 0.1) is 5.92 Å². The van der Waals surface area contributed by atoms with Gasteiger partial charge in [-0.2, -0.15) is 0 Å². The molecule has 0 amide bonds. The lowest BCUT2D eigenvalue weighted by Gasteiger charge is -2.10. The lowest BCUT2D eigenvalue weighted by Crippen LogP contribution is -2.00. The van der Waals surface area contributed by atoms with Gasteiger partial charge in [-0.3, -0.25) is 0 Å². The van der Waals surface area contributed by atoms with Crippen LogP contribution in [0.4, 0.5) is 0 Å².